The lowest BCUT2D eigenvalue weighted by Gasteiger charge is -2.17. The number of anilines is 5. The summed E-state index contributed by atoms with van der Waals surface area (Å²) in [5.74, 6) is 0.423. The molecule has 1 aromatic heterocycles. The fourth-order valence-electron chi connectivity index (χ4n) is 3.53. The predicted octanol–water partition coefficient (Wildman–Crippen LogP) is 7.13. The Hall–Kier alpha value is -3.79. The molecule has 170 valence electrons. The molecule has 1 atom stereocenters. The second kappa shape index (κ2) is 10.0. The minimum absolute atomic E-state index is 0.374. The first-order valence-corrected chi connectivity index (χ1v) is 11.3. The minimum atomic E-state index is -0.521. The van der Waals surface area contributed by atoms with Gasteiger partial charge in [-0.3, -0.25) is 0 Å². The monoisotopic (exact) mass is 488 g/mol. The number of nitrogen functional groups attached to an aromatic ring is 1. The second-order valence-electron chi connectivity index (χ2n) is 7.90. The third-order valence-corrected chi connectivity index (χ3v) is 6.02. The first-order chi connectivity index (χ1) is 16.4. The van der Waals surface area contributed by atoms with Crippen LogP contribution < -0.4 is 16.4 Å². The number of halogens is 2. The average Bonchev–Trinajstić information content (AvgIpc) is 2.82. The van der Waals surface area contributed by atoms with Gasteiger partial charge in [-0.1, -0.05) is 59.1 Å². The standard InChI is InChI=1S/C26H22Cl2N6/c1-15-3-9-19(10-4-15)33-25-24(30)26(32-14-31-25)34-23-12-22(28)20(11-16(23)2)21(13-29)17-5-7-18(27)8-6-17/h3-12,14,21H,30H2,1-2H3,(H2,31,32,33,34). The van der Waals surface area contributed by atoms with Crippen molar-refractivity contribution in [1.29, 1.82) is 5.26 Å². The van der Waals surface area contributed by atoms with Crippen molar-refractivity contribution in [1.82, 2.24) is 9.97 Å². The summed E-state index contributed by atoms with van der Waals surface area (Å²) >= 11 is 12.6. The normalized spacial score (nSPS) is 11.5. The molecule has 4 N–H and O–H groups in total. The van der Waals surface area contributed by atoms with Crippen LogP contribution >= 0.6 is 23.2 Å². The van der Waals surface area contributed by atoms with Crippen LogP contribution in [0.25, 0.3) is 0 Å². The molecule has 34 heavy (non-hydrogen) atoms. The zero-order chi connectivity index (χ0) is 24.2. The van der Waals surface area contributed by atoms with E-state index in [1.807, 2.05) is 56.3 Å². The first kappa shape index (κ1) is 23.4. The van der Waals surface area contributed by atoms with E-state index in [0.29, 0.717) is 32.9 Å². The number of benzene rings is 3. The van der Waals surface area contributed by atoms with E-state index in [-0.39, 0.29) is 0 Å². The SMILES string of the molecule is Cc1ccc(Nc2ncnc(Nc3cc(Cl)c(C(C#N)c4ccc(Cl)cc4)cc3C)c2N)cc1. The first-order valence-electron chi connectivity index (χ1n) is 10.5. The number of nitrogens with zero attached hydrogens (tertiary/aromatic N) is 3. The van der Waals surface area contributed by atoms with Gasteiger partial charge in [0.05, 0.1) is 12.0 Å². The van der Waals surface area contributed by atoms with Gasteiger partial charge in [-0.25, -0.2) is 9.97 Å². The highest BCUT2D eigenvalue weighted by molar-refractivity contribution is 6.32. The van der Waals surface area contributed by atoms with Gasteiger partial charge in [0.15, 0.2) is 11.6 Å². The van der Waals surface area contributed by atoms with Crippen molar-refractivity contribution in [2.75, 3.05) is 16.4 Å². The number of nitrogens with one attached hydrogen (secondary N) is 2. The molecule has 1 heterocycles. The topological polar surface area (TPSA) is 99.6 Å². The predicted molar refractivity (Wildman–Crippen MR) is 139 cm³/mol. The number of rotatable bonds is 6. The van der Waals surface area contributed by atoms with Gasteiger partial charge in [0.1, 0.15) is 12.0 Å². The van der Waals surface area contributed by atoms with Gasteiger partial charge in [-0.05, 0) is 60.9 Å². The van der Waals surface area contributed by atoms with Crippen molar-refractivity contribution in [3.63, 3.8) is 0 Å². The summed E-state index contributed by atoms with van der Waals surface area (Å²) in [6, 6.07) is 21.1. The van der Waals surface area contributed by atoms with E-state index >= 15 is 0 Å². The largest absolute Gasteiger partial charge is 0.393 e. The molecule has 8 heteroatoms. The van der Waals surface area contributed by atoms with Crippen LogP contribution in [-0.2, 0) is 0 Å². The maximum Gasteiger partial charge on any atom is 0.159 e. The lowest BCUT2D eigenvalue weighted by Crippen LogP contribution is -2.06. The molecule has 4 rings (SSSR count). The lowest BCUT2D eigenvalue weighted by atomic mass is 9.91. The molecule has 0 bridgehead atoms. The molecule has 4 aromatic rings. The van der Waals surface area contributed by atoms with Gasteiger partial charge < -0.3 is 16.4 Å². The van der Waals surface area contributed by atoms with Gasteiger partial charge in [-0.15, -0.1) is 0 Å². The Balaban J connectivity index is 1.61. The van der Waals surface area contributed by atoms with E-state index in [1.165, 1.54) is 6.33 Å². The van der Waals surface area contributed by atoms with Gasteiger partial charge in [0.25, 0.3) is 0 Å². The number of nitrogens with two attached hydrogens (primary N) is 1. The van der Waals surface area contributed by atoms with E-state index in [0.717, 1.165) is 28.1 Å². The van der Waals surface area contributed by atoms with Crippen molar-refractivity contribution in [3.8, 4) is 6.07 Å². The quantitative estimate of drug-likeness (QED) is 0.267. The summed E-state index contributed by atoms with van der Waals surface area (Å²) in [4.78, 5) is 8.56. The molecule has 0 saturated heterocycles. The summed E-state index contributed by atoms with van der Waals surface area (Å²) in [5, 5.41) is 17.4. The fourth-order valence-corrected chi connectivity index (χ4v) is 3.93. The van der Waals surface area contributed by atoms with Gasteiger partial charge in [-0.2, -0.15) is 5.26 Å². The number of aromatic nitrogens is 2. The molecule has 0 saturated carbocycles. The Labute approximate surface area is 208 Å². The van der Waals surface area contributed by atoms with Crippen molar-refractivity contribution in [3.05, 3.63) is 99.3 Å². The third kappa shape index (κ3) is 5.07. The van der Waals surface area contributed by atoms with E-state index in [4.69, 9.17) is 28.9 Å². The van der Waals surface area contributed by atoms with Gasteiger partial charge >= 0.3 is 0 Å². The van der Waals surface area contributed by atoms with Crippen molar-refractivity contribution >= 4 is 51.9 Å². The Morgan fingerprint density at radius 2 is 1.56 bits per heavy atom. The van der Waals surface area contributed by atoms with Crippen LogP contribution in [0, 0.1) is 25.2 Å². The summed E-state index contributed by atoms with van der Waals surface area (Å²) < 4.78 is 0. The van der Waals surface area contributed by atoms with E-state index in [2.05, 4.69) is 26.7 Å². The van der Waals surface area contributed by atoms with Crippen molar-refractivity contribution < 1.29 is 0 Å². The third-order valence-electron chi connectivity index (χ3n) is 5.44. The summed E-state index contributed by atoms with van der Waals surface area (Å²) in [6.45, 7) is 3.96. The van der Waals surface area contributed by atoms with E-state index < -0.39 is 5.92 Å². The fraction of sp³-hybridized carbons (Fsp3) is 0.115. The molecule has 0 radical (unpaired) electrons. The second-order valence-corrected chi connectivity index (χ2v) is 8.75. The van der Waals surface area contributed by atoms with Crippen molar-refractivity contribution in [2.24, 2.45) is 0 Å². The zero-order valence-corrected chi connectivity index (χ0v) is 20.1. The van der Waals surface area contributed by atoms with E-state index in [1.54, 1.807) is 18.2 Å². The van der Waals surface area contributed by atoms with Crippen LogP contribution in [0.1, 0.15) is 28.2 Å². The Morgan fingerprint density at radius 1 is 0.912 bits per heavy atom. The van der Waals surface area contributed by atoms with Crippen molar-refractivity contribution in [2.45, 2.75) is 19.8 Å². The highest BCUT2D eigenvalue weighted by Crippen LogP contribution is 2.36. The Bertz CT molecular complexity index is 1360. The van der Waals surface area contributed by atoms with Crippen LogP contribution in [0.3, 0.4) is 0 Å². The summed E-state index contributed by atoms with van der Waals surface area (Å²) in [5.41, 5.74) is 11.9. The molecular formula is C26H22Cl2N6. The highest BCUT2D eigenvalue weighted by Gasteiger charge is 2.19. The number of hydrogen-bond donors (Lipinski definition) is 3. The number of aryl methyl sites for hydroxylation is 2. The molecule has 6 nitrogen and oxygen atoms in total. The Kier molecular flexibility index (Phi) is 6.87. The van der Waals surface area contributed by atoms with Gasteiger partial charge in [0, 0.05) is 21.4 Å². The lowest BCUT2D eigenvalue weighted by molar-refractivity contribution is 1.03. The van der Waals surface area contributed by atoms with Crippen LogP contribution in [0.5, 0.6) is 0 Å². The molecule has 1 unspecified atom stereocenters. The highest BCUT2D eigenvalue weighted by atomic mass is 35.5. The van der Waals surface area contributed by atoms with Gasteiger partial charge in [0.2, 0.25) is 0 Å². The molecule has 0 amide bonds. The maximum absolute atomic E-state index is 9.83. The van der Waals surface area contributed by atoms with Crippen LogP contribution in [0.4, 0.5) is 28.7 Å². The molecule has 0 aliphatic carbocycles. The van der Waals surface area contributed by atoms with Crippen LogP contribution in [-0.4, -0.2) is 9.97 Å². The van der Waals surface area contributed by atoms with E-state index in [9.17, 15) is 5.26 Å². The maximum atomic E-state index is 9.83. The molecule has 0 fully saturated rings. The van der Waals surface area contributed by atoms with Crippen LogP contribution in [0.15, 0.2) is 67.0 Å². The zero-order valence-electron chi connectivity index (χ0n) is 18.6. The summed E-state index contributed by atoms with van der Waals surface area (Å²) in [6.07, 6.45) is 1.44. The molecule has 0 aliphatic heterocycles. The Morgan fingerprint density at radius 3 is 2.21 bits per heavy atom. The average molecular weight is 489 g/mol. The molecule has 3 aromatic carbocycles. The van der Waals surface area contributed by atoms with Crippen LogP contribution in [0.2, 0.25) is 10.0 Å². The smallest absolute Gasteiger partial charge is 0.159 e. The summed E-state index contributed by atoms with van der Waals surface area (Å²) in [7, 11) is 0. The molecular weight excluding hydrogens is 467 g/mol. The minimum Gasteiger partial charge on any atom is -0.393 e. The number of hydrogen-bond acceptors (Lipinski definition) is 6. The molecule has 0 aliphatic rings. The molecule has 0 spiro atoms. The number of nitriles is 1.